The maximum Gasteiger partial charge on any atom is 0.328 e. The average molecular weight is 523 g/mol. The summed E-state index contributed by atoms with van der Waals surface area (Å²) in [6, 6.07) is 0.794. The molecule has 36 heavy (non-hydrogen) atoms. The van der Waals surface area contributed by atoms with E-state index in [9.17, 15) is 34.5 Å². The standard InChI is InChI=1S/C22H30N6O7S/c1-11(29)18(22(34)35)28-20(32)16(6-12-2-4-14(30)5-3-12)26-21(33)17(9-36)27-19(31)15(23)7-13-8-24-10-25-13/h2-5,8,10-11,15-18,29-30,36H,6-7,9,23H2,1H3,(H,24,25)(H,26,33)(H,27,31)(H,28,32)(H,34,35). The van der Waals surface area contributed by atoms with Crippen LogP contribution in [-0.2, 0) is 32.0 Å². The number of hydrogen-bond donors (Lipinski definition) is 9. The number of rotatable bonds is 13. The Balaban J connectivity index is 2.14. The Hall–Kier alpha value is -3.62. The number of aliphatic hydroxyl groups excluding tert-OH is 1. The van der Waals surface area contributed by atoms with Crippen molar-refractivity contribution in [3.05, 3.63) is 48.0 Å². The molecular formula is C22H30N6O7S. The number of imidazole rings is 1. The number of aliphatic carboxylic acids is 1. The van der Waals surface area contributed by atoms with Crippen LogP contribution in [0.1, 0.15) is 18.2 Å². The first-order valence-electron chi connectivity index (χ1n) is 10.9. The molecule has 13 nitrogen and oxygen atoms in total. The van der Waals surface area contributed by atoms with E-state index in [-0.39, 0.29) is 24.3 Å². The summed E-state index contributed by atoms with van der Waals surface area (Å²) in [5.74, 6) is -3.83. The van der Waals surface area contributed by atoms with Crippen LogP contribution >= 0.6 is 12.6 Å². The largest absolute Gasteiger partial charge is 0.508 e. The highest BCUT2D eigenvalue weighted by Crippen LogP contribution is 2.12. The molecule has 2 aromatic rings. The van der Waals surface area contributed by atoms with Gasteiger partial charge in [-0.3, -0.25) is 14.4 Å². The molecular weight excluding hydrogens is 492 g/mol. The van der Waals surface area contributed by atoms with Crippen molar-refractivity contribution in [1.82, 2.24) is 25.9 Å². The molecule has 0 aliphatic rings. The van der Waals surface area contributed by atoms with Crippen LogP contribution < -0.4 is 21.7 Å². The number of carbonyl (C=O) groups is 4. The summed E-state index contributed by atoms with van der Waals surface area (Å²) in [5.41, 5.74) is 7.08. The number of nitrogens with zero attached hydrogens (tertiary/aromatic N) is 1. The molecule has 0 saturated heterocycles. The molecule has 0 fully saturated rings. The predicted octanol–water partition coefficient (Wildman–Crippen LogP) is -1.92. The predicted molar refractivity (Wildman–Crippen MR) is 131 cm³/mol. The second-order valence-electron chi connectivity index (χ2n) is 8.13. The minimum Gasteiger partial charge on any atom is -0.508 e. The molecule has 14 heteroatoms. The maximum atomic E-state index is 12.9. The van der Waals surface area contributed by atoms with E-state index in [2.05, 4.69) is 38.5 Å². The minimum atomic E-state index is -1.61. The van der Waals surface area contributed by atoms with Gasteiger partial charge in [0.15, 0.2) is 6.04 Å². The van der Waals surface area contributed by atoms with Crippen molar-refractivity contribution in [3.63, 3.8) is 0 Å². The summed E-state index contributed by atoms with van der Waals surface area (Å²) >= 11 is 4.11. The third-order valence-corrected chi connectivity index (χ3v) is 5.57. The molecule has 3 amide bonds. The van der Waals surface area contributed by atoms with Crippen molar-refractivity contribution in [3.8, 4) is 5.75 Å². The van der Waals surface area contributed by atoms with Crippen molar-refractivity contribution in [2.45, 2.75) is 50.0 Å². The SMILES string of the molecule is CC(O)C(NC(=O)C(Cc1ccc(O)cc1)NC(=O)C(CS)NC(=O)C(N)Cc1cnc[nH]1)C(=O)O. The molecule has 0 aliphatic heterocycles. The van der Waals surface area contributed by atoms with Gasteiger partial charge in [0.25, 0.3) is 0 Å². The first-order valence-corrected chi connectivity index (χ1v) is 11.6. The van der Waals surface area contributed by atoms with Gasteiger partial charge in [-0.2, -0.15) is 12.6 Å². The highest BCUT2D eigenvalue weighted by molar-refractivity contribution is 7.80. The van der Waals surface area contributed by atoms with Gasteiger partial charge in [-0.1, -0.05) is 12.1 Å². The zero-order chi connectivity index (χ0) is 26.8. The monoisotopic (exact) mass is 522 g/mol. The number of aliphatic hydroxyl groups is 1. The van der Waals surface area contributed by atoms with E-state index in [0.717, 1.165) is 0 Å². The number of aromatic amines is 1. The number of carboxylic acid groups (broad SMARTS) is 1. The van der Waals surface area contributed by atoms with Gasteiger partial charge >= 0.3 is 5.97 Å². The van der Waals surface area contributed by atoms with E-state index in [1.54, 1.807) is 0 Å². The van der Waals surface area contributed by atoms with Gasteiger partial charge in [0.2, 0.25) is 17.7 Å². The van der Waals surface area contributed by atoms with Gasteiger partial charge in [0.1, 0.15) is 17.8 Å². The zero-order valence-corrected chi connectivity index (χ0v) is 20.3. The topological polar surface area (TPSA) is 220 Å². The lowest BCUT2D eigenvalue weighted by atomic mass is 10.0. The molecule has 0 bridgehead atoms. The first-order chi connectivity index (χ1) is 17.0. The number of carboxylic acids is 1. The number of carbonyl (C=O) groups excluding carboxylic acids is 3. The van der Waals surface area contributed by atoms with Gasteiger partial charge in [-0.25, -0.2) is 9.78 Å². The van der Waals surface area contributed by atoms with Crippen molar-refractivity contribution >= 4 is 36.3 Å². The fourth-order valence-electron chi connectivity index (χ4n) is 3.19. The van der Waals surface area contributed by atoms with Crippen LogP contribution in [0.15, 0.2) is 36.8 Å². The Kier molecular flexibility index (Phi) is 10.7. The summed E-state index contributed by atoms with van der Waals surface area (Å²) in [6.45, 7) is 1.20. The average Bonchev–Trinajstić information content (AvgIpc) is 3.33. The molecule has 5 atom stereocenters. The van der Waals surface area contributed by atoms with E-state index >= 15 is 0 Å². The van der Waals surface area contributed by atoms with Crippen LogP contribution in [0.2, 0.25) is 0 Å². The second kappa shape index (κ2) is 13.5. The van der Waals surface area contributed by atoms with Crippen LogP contribution in [0, 0.1) is 0 Å². The van der Waals surface area contributed by atoms with E-state index < -0.39 is 54.0 Å². The number of aromatic nitrogens is 2. The number of amides is 3. The number of benzene rings is 1. The van der Waals surface area contributed by atoms with Crippen molar-refractivity contribution in [1.29, 1.82) is 0 Å². The first kappa shape index (κ1) is 28.6. The molecule has 1 aromatic heterocycles. The van der Waals surface area contributed by atoms with E-state index in [0.29, 0.717) is 11.3 Å². The Labute approximate surface area is 212 Å². The number of nitrogens with two attached hydrogens (primary N) is 1. The summed E-state index contributed by atoms with van der Waals surface area (Å²) in [4.78, 5) is 56.4. The number of aromatic hydroxyl groups is 1. The minimum absolute atomic E-state index is 0.00634. The summed E-state index contributed by atoms with van der Waals surface area (Å²) in [5, 5.41) is 35.7. The Morgan fingerprint density at radius 1 is 1.03 bits per heavy atom. The lowest BCUT2D eigenvalue weighted by Gasteiger charge is -2.25. The third kappa shape index (κ3) is 8.55. The van der Waals surface area contributed by atoms with Crippen LogP contribution in [0.3, 0.4) is 0 Å². The van der Waals surface area contributed by atoms with Gasteiger partial charge in [0, 0.05) is 30.5 Å². The molecule has 0 radical (unpaired) electrons. The zero-order valence-electron chi connectivity index (χ0n) is 19.4. The van der Waals surface area contributed by atoms with E-state index in [4.69, 9.17) is 5.73 Å². The highest BCUT2D eigenvalue weighted by atomic mass is 32.1. The lowest BCUT2D eigenvalue weighted by Crippen LogP contribution is -2.59. The fraction of sp³-hybridized carbons (Fsp3) is 0.409. The molecule has 196 valence electrons. The van der Waals surface area contributed by atoms with Crippen molar-refractivity contribution < 1.29 is 34.5 Å². The molecule has 1 heterocycles. The number of hydrogen-bond acceptors (Lipinski definition) is 9. The van der Waals surface area contributed by atoms with Crippen LogP contribution in [0.4, 0.5) is 0 Å². The summed E-state index contributed by atoms with van der Waals surface area (Å²) in [6.07, 6.45) is 1.62. The van der Waals surface area contributed by atoms with E-state index in [1.165, 1.54) is 43.7 Å². The smallest absolute Gasteiger partial charge is 0.328 e. The Morgan fingerprint density at radius 3 is 2.17 bits per heavy atom. The molecule has 2 rings (SSSR count). The molecule has 1 aromatic carbocycles. The van der Waals surface area contributed by atoms with Gasteiger partial charge < -0.3 is 42.0 Å². The van der Waals surface area contributed by atoms with Gasteiger partial charge in [-0.15, -0.1) is 0 Å². The summed E-state index contributed by atoms with van der Waals surface area (Å²) in [7, 11) is 0. The number of phenolic OH excluding ortho intramolecular Hbond substituents is 1. The van der Waals surface area contributed by atoms with Crippen molar-refractivity contribution in [2.24, 2.45) is 5.73 Å². The second-order valence-corrected chi connectivity index (χ2v) is 8.49. The summed E-state index contributed by atoms with van der Waals surface area (Å²) < 4.78 is 0. The van der Waals surface area contributed by atoms with Crippen LogP contribution in [0.25, 0.3) is 0 Å². The third-order valence-electron chi connectivity index (χ3n) is 5.20. The van der Waals surface area contributed by atoms with Crippen LogP contribution in [-0.4, -0.2) is 85.0 Å². The fourth-order valence-corrected chi connectivity index (χ4v) is 3.45. The lowest BCUT2D eigenvalue weighted by molar-refractivity contribution is -0.145. The Bertz CT molecular complexity index is 1030. The van der Waals surface area contributed by atoms with Gasteiger partial charge in [0.05, 0.1) is 18.5 Å². The number of nitrogens with one attached hydrogen (secondary N) is 4. The molecule has 0 aliphatic carbocycles. The number of H-pyrrole nitrogens is 1. The normalized spacial score (nSPS) is 15.1. The van der Waals surface area contributed by atoms with Crippen molar-refractivity contribution in [2.75, 3.05) is 5.75 Å². The van der Waals surface area contributed by atoms with Crippen LogP contribution in [0.5, 0.6) is 5.75 Å². The Morgan fingerprint density at radius 2 is 1.64 bits per heavy atom. The molecule has 9 N–H and O–H groups in total. The number of thiol groups is 1. The molecule has 5 unspecified atom stereocenters. The quantitative estimate of drug-likeness (QED) is 0.134. The molecule has 0 saturated carbocycles. The molecule has 0 spiro atoms. The van der Waals surface area contributed by atoms with Gasteiger partial charge in [-0.05, 0) is 24.6 Å². The highest BCUT2D eigenvalue weighted by Gasteiger charge is 2.31. The van der Waals surface area contributed by atoms with E-state index in [1.807, 2.05) is 0 Å². The number of phenols is 1. The maximum absolute atomic E-state index is 12.9.